The number of aromatic nitrogens is 1. The minimum Gasteiger partial charge on any atom is -0.492 e. The molecular weight excluding hydrogens is 212 g/mol. The van der Waals surface area contributed by atoms with E-state index in [0.717, 1.165) is 11.4 Å². The summed E-state index contributed by atoms with van der Waals surface area (Å²) < 4.78 is 7.61. The van der Waals surface area contributed by atoms with Gasteiger partial charge in [0.1, 0.15) is 5.75 Å². The molecule has 1 aromatic carbocycles. The van der Waals surface area contributed by atoms with Crippen LogP contribution in [0.25, 0.3) is 5.69 Å². The Morgan fingerprint density at radius 3 is 2.29 bits per heavy atom. The molecule has 2 N–H and O–H groups in total. The van der Waals surface area contributed by atoms with Gasteiger partial charge in [0.05, 0.1) is 12.3 Å². The van der Waals surface area contributed by atoms with Gasteiger partial charge in [-0.15, -0.1) is 0 Å². The number of aryl methyl sites for hydroxylation is 2. The van der Waals surface area contributed by atoms with Crippen LogP contribution >= 0.6 is 0 Å². The van der Waals surface area contributed by atoms with Gasteiger partial charge in [0.25, 0.3) is 0 Å². The lowest BCUT2D eigenvalue weighted by Crippen LogP contribution is -2.02. The largest absolute Gasteiger partial charge is 0.492 e. The molecule has 0 unspecified atom stereocenters. The Hall–Kier alpha value is -1.90. The van der Waals surface area contributed by atoms with Crippen molar-refractivity contribution in [2.75, 3.05) is 12.3 Å². The molecule has 0 bridgehead atoms. The highest BCUT2D eigenvalue weighted by Gasteiger charge is 2.06. The zero-order valence-electron chi connectivity index (χ0n) is 10.5. The van der Waals surface area contributed by atoms with Crippen molar-refractivity contribution in [2.45, 2.75) is 20.8 Å². The van der Waals surface area contributed by atoms with Gasteiger partial charge in [-0.05, 0) is 51.1 Å². The second-order valence-electron chi connectivity index (χ2n) is 4.11. The Kier molecular flexibility index (Phi) is 3.09. The molecule has 0 aliphatic carbocycles. The van der Waals surface area contributed by atoms with E-state index in [4.69, 9.17) is 10.5 Å². The summed E-state index contributed by atoms with van der Waals surface area (Å²) in [6.07, 6.45) is 0. The number of rotatable bonds is 3. The fourth-order valence-electron chi connectivity index (χ4n) is 2.04. The van der Waals surface area contributed by atoms with E-state index in [-0.39, 0.29) is 0 Å². The third kappa shape index (κ3) is 2.13. The molecule has 0 fully saturated rings. The molecule has 0 atom stereocenters. The van der Waals surface area contributed by atoms with Gasteiger partial charge in [-0.25, -0.2) is 0 Å². The second-order valence-corrected chi connectivity index (χ2v) is 4.11. The third-order valence-corrected chi connectivity index (χ3v) is 2.82. The number of nitrogen functional groups attached to an aromatic ring is 1. The summed E-state index contributed by atoms with van der Waals surface area (Å²) in [6.45, 7) is 6.75. The molecule has 90 valence electrons. The molecule has 0 aliphatic rings. The van der Waals surface area contributed by atoms with Gasteiger partial charge < -0.3 is 15.0 Å². The number of hydrogen-bond donors (Lipinski definition) is 1. The maximum atomic E-state index is 5.98. The molecule has 3 nitrogen and oxygen atoms in total. The first-order valence-electron chi connectivity index (χ1n) is 5.81. The van der Waals surface area contributed by atoms with E-state index < -0.39 is 0 Å². The van der Waals surface area contributed by atoms with Gasteiger partial charge >= 0.3 is 0 Å². The third-order valence-electron chi connectivity index (χ3n) is 2.82. The first-order chi connectivity index (χ1) is 8.13. The number of nitrogens with two attached hydrogens (primary N) is 1. The Morgan fingerprint density at radius 2 is 1.76 bits per heavy atom. The van der Waals surface area contributed by atoms with Crippen LogP contribution in [-0.2, 0) is 0 Å². The van der Waals surface area contributed by atoms with Crippen LogP contribution in [0, 0.1) is 13.8 Å². The molecule has 2 rings (SSSR count). The fraction of sp³-hybridized carbons (Fsp3) is 0.286. The van der Waals surface area contributed by atoms with Gasteiger partial charge in [0.15, 0.2) is 0 Å². The number of nitrogens with zero attached hydrogens (tertiary/aromatic N) is 1. The van der Waals surface area contributed by atoms with E-state index in [1.165, 1.54) is 11.4 Å². The van der Waals surface area contributed by atoms with E-state index in [1.54, 1.807) is 0 Å². The Bertz CT molecular complexity index is 510. The van der Waals surface area contributed by atoms with Crippen LogP contribution in [0.4, 0.5) is 5.69 Å². The highest BCUT2D eigenvalue weighted by molar-refractivity contribution is 5.59. The molecule has 0 saturated carbocycles. The molecule has 0 spiro atoms. The number of benzene rings is 1. The van der Waals surface area contributed by atoms with Crippen molar-refractivity contribution in [3.63, 3.8) is 0 Å². The SMILES string of the molecule is CCOc1ccc(-n2c(C)ccc2C)cc1N. The first kappa shape index (κ1) is 11.6. The number of hydrogen-bond acceptors (Lipinski definition) is 2. The summed E-state index contributed by atoms with van der Waals surface area (Å²) in [6, 6.07) is 10.1. The van der Waals surface area contributed by atoms with Crippen LogP contribution in [0.5, 0.6) is 5.75 Å². The van der Waals surface area contributed by atoms with Gasteiger partial charge in [-0.1, -0.05) is 0 Å². The highest BCUT2D eigenvalue weighted by atomic mass is 16.5. The zero-order valence-corrected chi connectivity index (χ0v) is 10.5. The van der Waals surface area contributed by atoms with Gasteiger partial charge in [-0.2, -0.15) is 0 Å². The molecule has 0 amide bonds. The molecule has 1 aromatic heterocycles. The quantitative estimate of drug-likeness (QED) is 0.823. The Labute approximate surface area is 102 Å². The van der Waals surface area contributed by atoms with E-state index in [0.29, 0.717) is 12.3 Å². The highest BCUT2D eigenvalue weighted by Crippen LogP contribution is 2.26. The summed E-state index contributed by atoms with van der Waals surface area (Å²) in [5.41, 5.74) is 10.1. The van der Waals surface area contributed by atoms with Gasteiger partial charge in [0.2, 0.25) is 0 Å². The van der Waals surface area contributed by atoms with Gasteiger partial charge in [-0.3, -0.25) is 0 Å². The second kappa shape index (κ2) is 4.53. The smallest absolute Gasteiger partial charge is 0.142 e. The summed E-state index contributed by atoms with van der Waals surface area (Å²) in [4.78, 5) is 0. The Balaban J connectivity index is 2.45. The fourth-order valence-corrected chi connectivity index (χ4v) is 2.04. The van der Waals surface area contributed by atoms with Crippen LogP contribution in [0.2, 0.25) is 0 Å². The molecule has 2 aromatic rings. The molecular formula is C14H18N2O. The summed E-state index contributed by atoms with van der Waals surface area (Å²) in [5.74, 6) is 0.749. The lowest BCUT2D eigenvalue weighted by molar-refractivity contribution is 0.342. The lowest BCUT2D eigenvalue weighted by Gasteiger charge is -2.12. The van der Waals surface area contributed by atoms with Crippen LogP contribution in [0.15, 0.2) is 30.3 Å². The maximum Gasteiger partial charge on any atom is 0.142 e. The van der Waals surface area contributed by atoms with Crippen LogP contribution < -0.4 is 10.5 Å². The van der Waals surface area contributed by atoms with E-state index in [2.05, 4.69) is 30.5 Å². The van der Waals surface area contributed by atoms with Gasteiger partial charge in [0, 0.05) is 17.1 Å². The first-order valence-corrected chi connectivity index (χ1v) is 5.81. The van der Waals surface area contributed by atoms with Crippen molar-refractivity contribution in [1.82, 2.24) is 4.57 Å². The van der Waals surface area contributed by atoms with Crippen molar-refractivity contribution < 1.29 is 4.74 Å². The molecule has 0 aliphatic heterocycles. The summed E-state index contributed by atoms with van der Waals surface area (Å²) in [5, 5.41) is 0. The average Bonchev–Trinajstić information content (AvgIpc) is 2.62. The topological polar surface area (TPSA) is 40.2 Å². The van der Waals surface area contributed by atoms with Crippen molar-refractivity contribution in [1.29, 1.82) is 0 Å². The van der Waals surface area contributed by atoms with Crippen LogP contribution in [-0.4, -0.2) is 11.2 Å². The molecule has 0 saturated heterocycles. The Morgan fingerprint density at radius 1 is 1.12 bits per heavy atom. The monoisotopic (exact) mass is 230 g/mol. The predicted octanol–water partition coefficient (Wildman–Crippen LogP) is 3.08. The number of anilines is 1. The minimum absolute atomic E-state index is 0.630. The van der Waals surface area contributed by atoms with Crippen molar-refractivity contribution >= 4 is 5.69 Å². The zero-order chi connectivity index (χ0) is 12.4. The molecule has 1 heterocycles. The molecule has 3 heteroatoms. The number of ether oxygens (including phenoxy) is 1. The van der Waals surface area contributed by atoms with Crippen molar-refractivity contribution in [3.8, 4) is 11.4 Å². The molecule has 0 radical (unpaired) electrons. The van der Waals surface area contributed by atoms with Crippen molar-refractivity contribution in [3.05, 3.63) is 41.7 Å². The normalized spacial score (nSPS) is 10.5. The predicted molar refractivity (Wildman–Crippen MR) is 70.8 cm³/mol. The van der Waals surface area contributed by atoms with Crippen LogP contribution in [0.3, 0.4) is 0 Å². The van der Waals surface area contributed by atoms with E-state index >= 15 is 0 Å². The maximum absolute atomic E-state index is 5.98. The molecule has 17 heavy (non-hydrogen) atoms. The van der Waals surface area contributed by atoms with E-state index in [1.807, 2.05) is 25.1 Å². The minimum atomic E-state index is 0.630. The summed E-state index contributed by atoms with van der Waals surface area (Å²) >= 11 is 0. The average molecular weight is 230 g/mol. The van der Waals surface area contributed by atoms with Crippen molar-refractivity contribution in [2.24, 2.45) is 0 Å². The van der Waals surface area contributed by atoms with Crippen LogP contribution in [0.1, 0.15) is 18.3 Å². The standard InChI is InChI=1S/C14H18N2O/c1-4-17-14-8-7-12(9-13(14)15)16-10(2)5-6-11(16)3/h5-9H,4,15H2,1-3H3. The summed E-state index contributed by atoms with van der Waals surface area (Å²) in [7, 11) is 0. The lowest BCUT2D eigenvalue weighted by atomic mass is 10.2. The van der Waals surface area contributed by atoms with E-state index in [9.17, 15) is 0 Å².